The smallest absolute Gasteiger partial charge is 0.0655 e. The third-order valence-corrected chi connectivity index (χ3v) is 4.46. The van der Waals surface area contributed by atoms with E-state index >= 15 is 0 Å². The van der Waals surface area contributed by atoms with Crippen molar-refractivity contribution in [3.8, 4) is 0 Å². The zero-order chi connectivity index (χ0) is 12.8. The van der Waals surface area contributed by atoms with E-state index in [1.54, 1.807) is 0 Å². The molecule has 1 atom stereocenters. The summed E-state index contributed by atoms with van der Waals surface area (Å²) in [4.78, 5) is 1.10. The highest BCUT2D eigenvalue weighted by Gasteiger charge is 2.10. The van der Waals surface area contributed by atoms with Gasteiger partial charge in [-0.1, -0.05) is 42.5 Å². The molecule has 0 aliphatic heterocycles. The Morgan fingerprint density at radius 3 is 2.39 bits per heavy atom. The average Bonchev–Trinajstić information content (AvgIpc) is 2.42. The van der Waals surface area contributed by atoms with E-state index in [0.29, 0.717) is 0 Å². The number of rotatable bonds is 5. The van der Waals surface area contributed by atoms with Gasteiger partial charge in [-0.3, -0.25) is 4.72 Å². The quantitative estimate of drug-likeness (QED) is 0.821. The summed E-state index contributed by atoms with van der Waals surface area (Å²) in [5.74, 6) is 0. The molecular formula is C14H14BrNOS. The van der Waals surface area contributed by atoms with E-state index in [1.807, 2.05) is 54.6 Å². The van der Waals surface area contributed by atoms with Crippen molar-refractivity contribution in [1.82, 2.24) is 4.72 Å². The summed E-state index contributed by atoms with van der Waals surface area (Å²) in [6, 6.07) is 17.9. The molecule has 4 heteroatoms. The summed E-state index contributed by atoms with van der Waals surface area (Å²) < 4.78 is 4.33. The fourth-order valence-electron chi connectivity index (χ4n) is 1.56. The van der Waals surface area contributed by atoms with Crippen molar-refractivity contribution in [1.29, 1.82) is 0 Å². The SMILES string of the molecule is OCC(NSc1ccccc1Br)c1ccccc1. The van der Waals surface area contributed by atoms with Crippen LogP contribution in [0.5, 0.6) is 0 Å². The zero-order valence-electron chi connectivity index (χ0n) is 9.71. The van der Waals surface area contributed by atoms with Gasteiger partial charge in [-0.05, 0) is 45.6 Å². The highest BCUT2D eigenvalue weighted by atomic mass is 79.9. The molecule has 0 aliphatic rings. The fourth-order valence-corrected chi connectivity index (χ4v) is 2.88. The van der Waals surface area contributed by atoms with Crippen molar-refractivity contribution < 1.29 is 5.11 Å². The zero-order valence-corrected chi connectivity index (χ0v) is 12.1. The van der Waals surface area contributed by atoms with E-state index in [0.717, 1.165) is 14.9 Å². The summed E-state index contributed by atoms with van der Waals surface area (Å²) in [6.07, 6.45) is 0. The third-order valence-electron chi connectivity index (χ3n) is 2.53. The van der Waals surface area contributed by atoms with Gasteiger partial charge in [0, 0.05) is 9.37 Å². The first kappa shape index (κ1) is 13.6. The van der Waals surface area contributed by atoms with E-state index in [4.69, 9.17) is 0 Å². The van der Waals surface area contributed by atoms with Crippen LogP contribution in [0.1, 0.15) is 11.6 Å². The minimum atomic E-state index is -0.0664. The van der Waals surface area contributed by atoms with Gasteiger partial charge in [0.25, 0.3) is 0 Å². The second-order valence-electron chi connectivity index (χ2n) is 3.80. The number of hydrogen-bond donors (Lipinski definition) is 2. The lowest BCUT2D eigenvalue weighted by molar-refractivity contribution is 0.261. The minimum absolute atomic E-state index is 0.0664. The number of benzene rings is 2. The molecule has 2 aromatic rings. The molecule has 0 bridgehead atoms. The van der Waals surface area contributed by atoms with Crippen LogP contribution in [0.25, 0.3) is 0 Å². The van der Waals surface area contributed by atoms with Gasteiger partial charge in [-0.25, -0.2) is 0 Å². The molecule has 0 heterocycles. The van der Waals surface area contributed by atoms with Crippen LogP contribution < -0.4 is 4.72 Å². The topological polar surface area (TPSA) is 32.3 Å². The van der Waals surface area contributed by atoms with Crippen LogP contribution in [0.2, 0.25) is 0 Å². The van der Waals surface area contributed by atoms with Crippen LogP contribution in [0.4, 0.5) is 0 Å². The van der Waals surface area contributed by atoms with Crippen molar-refractivity contribution in [2.24, 2.45) is 0 Å². The molecule has 0 amide bonds. The van der Waals surface area contributed by atoms with Crippen LogP contribution in [-0.4, -0.2) is 11.7 Å². The normalized spacial score (nSPS) is 12.3. The fraction of sp³-hybridized carbons (Fsp3) is 0.143. The molecule has 18 heavy (non-hydrogen) atoms. The molecule has 0 saturated heterocycles. The van der Waals surface area contributed by atoms with E-state index in [9.17, 15) is 5.11 Å². The van der Waals surface area contributed by atoms with Gasteiger partial charge in [0.05, 0.1) is 12.6 Å². The van der Waals surface area contributed by atoms with E-state index in [1.165, 1.54) is 11.9 Å². The van der Waals surface area contributed by atoms with Crippen molar-refractivity contribution in [2.75, 3.05) is 6.61 Å². The van der Waals surface area contributed by atoms with Gasteiger partial charge in [0.1, 0.15) is 0 Å². The molecule has 1 unspecified atom stereocenters. The van der Waals surface area contributed by atoms with Gasteiger partial charge in [0.2, 0.25) is 0 Å². The number of aliphatic hydroxyl groups excluding tert-OH is 1. The summed E-state index contributed by atoms with van der Waals surface area (Å²) in [5.41, 5.74) is 1.08. The van der Waals surface area contributed by atoms with Crippen molar-refractivity contribution >= 4 is 27.9 Å². The Hall–Kier alpha value is -0.810. The molecule has 2 N–H and O–H groups in total. The monoisotopic (exact) mass is 323 g/mol. The maximum Gasteiger partial charge on any atom is 0.0655 e. The lowest BCUT2D eigenvalue weighted by Crippen LogP contribution is -2.17. The molecular weight excluding hydrogens is 310 g/mol. The van der Waals surface area contributed by atoms with Crippen LogP contribution >= 0.6 is 27.9 Å². The largest absolute Gasteiger partial charge is 0.394 e. The number of hydrogen-bond acceptors (Lipinski definition) is 3. The molecule has 2 nitrogen and oxygen atoms in total. The summed E-state index contributed by atoms with van der Waals surface area (Å²) in [7, 11) is 0. The maximum absolute atomic E-state index is 9.44. The van der Waals surface area contributed by atoms with Gasteiger partial charge < -0.3 is 5.11 Å². The molecule has 0 radical (unpaired) electrons. The molecule has 0 fully saturated rings. The van der Waals surface area contributed by atoms with Gasteiger partial charge in [0.15, 0.2) is 0 Å². The Labute approximate surface area is 120 Å². The number of aliphatic hydroxyl groups is 1. The number of nitrogens with one attached hydrogen (secondary N) is 1. The molecule has 0 aromatic heterocycles. The van der Waals surface area contributed by atoms with Crippen molar-refractivity contribution in [2.45, 2.75) is 10.9 Å². The van der Waals surface area contributed by atoms with E-state index in [-0.39, 0.29) is 12.6 Å². The molecule has 2 rings (SSSR count). The molecule has 0 spiro atoms. The van der Waals surface area contributed by atoms with Crippen LogP contribution in [-0.2, 0) is 0 Å². The Bertz CT molecular complexity index is 492. The molecule has 2 aromatic carbocycles. The van der Waals surface area contributed by atoms with Crippen LogP contribution in [0.15, 0.2) is 64.0 Å². The minimum Gasteiger partial charge on any atom is -0.394 e. The second kappa shape index (κ2) is 6.95. The van der Waals surface area contributed by atoms with Crippen LogP contribution in [0.3, 0.4) is 0 Å². The van der Waals surface area contributed by atoms with Gasteiger partial charge >= 0.3 is 0 Å². The second-order valence-corrected chi connectivity index (χ2v) is 5.53. The summed E-state index contributed by atoms with van der Waals surface area (Å²) in [5, 5.41) is 9.44. The van der Waals surface area contributed by atoms with E-state index in [2.05, 4.69) is 20.7 Å². The third kappa shape index (κ3) is 3.59. The number of halogens is 1. The highest BCUT2D eigenvalue weighted by molar-refractivity contribution is 9.10. The van der Waals surface area contributed by atoms with E-state index < -0.39 is 0 Å². The summed E-state index contributed by atoms with van der Waals surface area (Å²) in [6.45, 7) is 0.0709. The molecule has 0 saturated carbocycles. The Kier molecular flexibility index (Phi) is 5.26. The maximum atomic E-state index is 9.44. The lowest BCUT2D eigenvalue weighted by Gasteiger charge is -2.16. The predicted octanol–water partition coefficient (Wildman–Crippen LogP) is 3.78. The van der Waals surface area contributed by atoms with Crippen molar-refractivity contribution in [3.63, 3.8) is 0 Å². The Morgan fingerprint density at radius 1 is 1.06 bits per heavy atom. The molecule has 94 valence electrons. The Balaban J connectivity index is 2.02. The average molecular weight is 324 g/mol. The first-order chi connectivity index (χ1) is 8.81. The Morgan fingerprint density at radius 2 is 1.72 bits per heavy atom. The van der Waals surface area contributed by atoms with Crippen LogP contribution in [0, 0.1) is 0 Å². The predicted molar refractivity (Wildman–Crippen MR) is 79.4 cm³/mol. The van der Waals surface area contributed by atoms with Gasteiger partial charge in [-0.15, -0.1) is 0 Å². The summed E-state index contributed by atoms with van der Waals surface area (Å²) >= 11 is 5.02. The standard InChI is InChI=1S/C14H14BrNOS/c15-12-8-4-5-9-14(12)18-16-13(10-17)11-6-2-1-3-7-11/h1-9,13,16-17H,10H2. The lowest BCUT2D eigenvalue weighted by atomic mass is 10.1. The van der Waals surface area contributed by atoms with Gasteiger partial charge in [-0.2, -0.15) is 0 Å². The first-order valence-corrected chi connectivity index (χ1v) is 7.25. The highest BCUT2D eigenvalue weighted by Crippen LogP contribution is 2.27. The van der Waals surface area contributed by atoms with Crippen molar-refractivity contribution in [3.05, 3.63) is 64.6 Å². The first-order valence-electron chi connectivity index (χ1n) is 5.64. The molecule has 0 aliphatic carbocycles.